The molecule has 2 rings (SSSR count). The third-order valence-corrected chi connectivity index (χ3v) is 4.14. The molecule has 4 nitrogen and oxygen atoms in total. The van der Waals surface area contributed by atoms with Crippen LogP contribution in [0.25, 0.3) is 0 Å². The Morgan fingerprint density at radius 1 is 1.50 bits per heavy atom. The fourth-order valence-corrected chi connectivity index (χ4v) is 2.96. The molecule has 1 fully saturated rings. The highest BCUT2D eigenvalue weighted by Gasteiger charge is 2.25. The summed E-state index contributed by atoms with van der Waals surface area (Å²) in [5.41, 5.74) is 14.2. The third kappa shape index (κ3) is 2.61. The van der Waals surface area contributed by atoms with Crippen LogP contribution in [0.1, 0.15) is 18.4 Å². The third-order valence-electron chi connectivity index (χ3n) is 3.50. The number of nitrogens with zero attached hydrogens (tertiary/aromatic N) is 1. The van der Waals surface area contributed by atoms with Gasteiger partial charge >= 0.3 is 0 Å². The normalized spacial score (nSPS) is 19.9. The van der Waals surface area contributed by atoms with Crippen molar-refractivity contribution in [3.8, 4) is 0 Å². The second-order valence-corrected chi connectivity index (χ2v) is 5.70. The Hall–Kier alpha value is -1.23. The average Bonchev–Trinajstić information content (AvgIpc) is 2.34. The van der Waals surface area contributed by atoms with Crippen LogP contribution in [-0.2, 0) is 4.79 Å². The smallest absolute Gasteiger partial charge is 0.222 e. The quantitative estimate of drug-likeness (QED) is 0.821. The first-order valence-electron chi connectivity index (χ1n) is 6.09. The summed E-state index contributed by atoms with van der Waals surface area (Å²) in [4.78, 5) is 13.5. The maximum Gasteiger partial charge on any atom is 0.222 e. The lowest BCUT2D eigenvalue weighted by atomic mass is 9.97. The standard InChI is InChI=1S/C13H18BrN3O/c1-8-5-12(10(14)6-11(8)15)17-4-2-3-9(7-17)13(16)18/h5-6,9H,2-4,7,15H2,1H3,(H2,16,18). The SMILES string of the molecule is Cc1cc(N2CCCC(C(N)=O)C2)c(Br)cc1N. The van der Waals surface area contributed by atoms with Gasteiger partial charge in [-0.3, -0.25) is 4.79 Å². The summed E-state index contributed by atoms with van der Waals surface area (Å²) in [5, 5.41) is 0. The van der Waals surface area contributed by atoms with Gasteiger partial charge in [-0.25, -0.2) is 0 Å². The predicted octanol–water partition coefficient (Wildman–Crippen LogP) is 2.04. The molecule has 5 heteroatoms. The molecule has 1 atom stereocenters. The van der Waals surface area contributed by atoms with Crippen molar-refractivity contribution in [2.45, 2.75) is 19.8 Å². The minimum atomic E-state index is -0.206. The number of aryl methyl sites for hydroxylation is 1. The Labute approximate surface area is 115 Å². The largest absolute Gasteiger partial charge is 0.398 e. The van der Waals surface area contributed by atoms with Crippen molar-refractivity contribution in [1.29, 1.82) is 0 Å². The van der Waals surface area contributed by atoms with Crippen LogP contribution in [0.15, 0.2) is 16.6 Å². The molecule has 0 bridgehead atoms. The van der Waals surface area contributed by atoms with Crippen molar-refractivity contribution < 1.29 is 4.79 Å². The van der Waals surface area contributed by atoms with Gasteiger partial charge in [0.25, 0.3) is 0 Å². The molecule has 1 aromatic carbocycles. The molecule has 1 heterocycles. The van der Waals surface area contributed by atoms with E-state index in [-0.39, 0.29) is 11.8 Å². The summed E-state index contributed by atoms with van der Waals surface area (Å²) in [6.07, 6.45) is 1.88. The second kappa shape index (κ2) is 5.18. The summed E-state index contributed by atoms with van der Waals surface area (Å²) in [6, 6.07) is 3.97. The van der Waals surface area contributed by atoms with E-state index in [9.17, 15) is 4.79 Å². The van der Waals surface area contributed by atoms with Crippen LogP contribution in [0.2, 0.25) is 0 Å². The number of nitrogens with two attached hydrogens (primary N) is 2. The molecule has 1 saturated heterocycles. The number of carbonyl (C=O) groups excluding carboxylic acids is 1. The van der Waals surface area contributed by atoms with Crippen LogP contribution in [0.5, 0.6) is 0 Å². The number of primary amides is 1. The molecule has 1 aliphatic heterocycles. The fraction of sp³-hybridized carbons (Fsp3) is 0.462. The Bertz CT molecular complexity index is 476. The van der Waals surface area contributed by atoms with Gasteiger partial charge in [0, 0.05) is 23.2 Å². The second-order valence-electron chi connectivity index (χ2n) is 4.85. The molecule has 0 spiro atoms. The van der Waals surface area contributed by atoms with E-state index in [0.29, 0.717) is 6.54 Å². The molecule has 1 aliphatic rings. The zero-order chi connectivity index (χ0) is 13.3. The van der Waals surface area contributed by atoms with Gasteiger partial charge < -0.3 is 16.4 Å². The zero-order valence-corrected chi connectivity index (χ0v) is 12.0. The molecule has 1 unspecified atom stereocenters. The van der Waals surface area contributed by atoms with E-state index in [1.165, 1.54) is 0 Å². The van der Waals surface area contributed by atoms with E-state index in [2.05, 4.69) is 26.9 Å². The first kappa shape index (κ1) is 13.2. The van der Waals surface area contributed by atoms with Crippen LogP contribution >= 0.6 is 15.9 Å². The topological polar surface area (TPSA) is 72.3 Å². The lowest BCUT2D eigenvalue weighted by Crippen LogP contribution is -2.41. The van der Waals surface area contributed by atoms with Gasteiger partial charge in [0.2, 0.25) is 5.91 Å². The Morgan fingerprint density at radius 2 is 2.22 bits per heavy atom. The van der Waals surface area contributed by atoms with E-state index >= 15 is 0 Å². The predicted molar refractivity (Wildman–Crippen MR) is 77.4 cm³/mol. The lowest BCUT2D eigenvalue weighted by molar-refractivity contribution is -0.122. The van der Waals surface area contributed by atoms with Crippen LogP contribution in [-0.4, -0.2) is 19.0 Å². The molecule has 0 aromatic heterocycles. The number of amides is 1. The number of hydrogen-bond acceptors (Lipinski definition) is 3. The minimum Gasteiger partial charge on any atom is -0.398 e. The number of halogens is 1. The summed E-state index contributed by atoms with van der Waals surface area (Å²) < 4.78 is 0.968. The van der Waals surface area contributed by atoms with E-state index in [0.717, 1.165) is 40.8 Å². The summed E-state index contributed by atoms with van der Waals surface area (Å²) >= 11 is 3.54. The first-order valence-corrected chi connectivity index (χ1v) is 6.88. The zero-order valence-electron chi connectivity index (χ0n) is 10.4. The maximum atomic E-state index is 11.3. The number of piperidine rings is 1. The van der Waals surface area contributed by atoms with Gasteiger partial charge in [0.1, 0.15) is 0 Å². The minimum absolute atomic E-state index is 0.0523. The molecule has 0 radical (unpaired) electrons. The Kier molecular flexibility index (Phi) is 3.80. The monoisotopic (exact) mass is 311 g/mol. The van der Waals surface area contributed by atoms with Crippen LogP contribution in [0.3, 0.4) is 0 Å². The maximum absolute atomic E-state index is 11.3. The van der Waals surface area contributed by atoms with Crippen molar-refractivity contribution in [3.05, 3.63) is 22.2 Å². The van der Waals surface area contributed by atoms with Gasteiger partial charge in [-0.15, -0.1) is 0 Å². The van der Waals surface area contributed by atoms with Crippen molar-refractivity contribution in [2.75, 3.05) is 23.7 Å². The van der Waals surface area contributed by atoms with Crippen molar-refractivity contribution in [3.63, 3.8) is 0 Å². The van der Waals surface area contributed by atoms with Gasteiger partial charge in [0.05, 0.1) is 11.6 Å². The molecule has 1 aromatic rings. The van der Waals surface area contributed by atoms with Gasteiger partial charge in [-0.1, -0.05) is 0 Å². The average molecular weight is 312 g/mol. The molecular formula is C13H18BrN3O. The number of hydrogen-bond donors (Lipinski definition) is 2. The summed E-state index contributed by atoms with van der Waals surface area (Å²) in [7, 11) is 0. The summed E-state index contributed by atoms with van der Waals surface area (Å²) in [6.45, 7) is 3.63. The van der Waals surface area contributed by atoms with Crippen molar-refractivity contribution in [2.24, 2.45) is 11.7 Å². The van der Waals surface area contributed by atoms with E-state index in [1.54, 1.807) is 0 Å². The van der Waals surface area contributed by atoms with Crippen molar-refractivity contribution in [1.82, 2.24) is 0 Å². The molecule has 98 valence electrons. The highest BCUT2D eigenvalue weighted by Crippen LogP contribution is 2.33. The molecule has 4 N–H and O–H groups in total. The van der Waals surface area contributed by atoms with E-state index in [4.69, 9.17) is 11.5 Å². The van der Waals surface area contributed by atoms with Gasteiger partial charge in [-0.05, 0) is 53.4 Å². The molecule has 0 aliphatic carbocycles. The van der Waals surface area contributed by atoms with Crippen molar-refractivity contribution >= 4 is 33.2 Å². The molecule has 1 amide bonds. The number of benzene rings is 1. The van der Waals surface area contributed by atoms with E-state index in [1.807, 2.05) is 13.0 Å². The lowest BCUT2D eigenvalue weighted by Gasteiger charge is -2.34. The summed E-state index contributed by atoms with van der Waals surface area (Å²) in [5.74, 6) is -0.258. The van der Waals surface area contributed by atoms with Crippen LogP contribution < -0.4 is 16.4 Å². The molecule has 18 heavy (non-hydrogen) atoms. The van der Waals surface area contributed by atoms with Gasteiger partial charge in [0.15, 0.2) is 0 Å². The highest BCUT2D eigenvalue weighted by molar-refractivity contribution is 9.10. The van der Waals surface area contributed by atoms with E-state index < -0.39 is 0 Å². The van der Waals surface area contributed by atoms with Crippen LogP contribution in [0.4, 0.5) is 11.4 Å². The Morgan fingerprint density at radius 3 is 2.89 bits per heavy atom. The molecular weight excluding hydrogens is 294 g/mol. The number of nitrogen functional groups attached to an aromatic ring is 1. The number of anilines is 2. The highest BCUT2D eigenvalue weighted by atomic mass is 79.9. The Balaban J connectivity index is 2.26. The molecule has 0 saturated carbocycles. The van der Waals surface area contributed by atoms with Crippen LogP contribution in [0, 0.1) is 12.8 Å². The number of rotatable bonds is 2. The fourth-order valence-electron chi connectivity index (χ4n) is 2.35. The van der Waals surface area contributed by atoms with Gasteiger partial charge in [-0.2, -0.15) is 0 Å². The number of carbonyl (C=O) groups is 1. The first-order chi connectivity index (χ1) is 8.49.